The summed E-state index contributed by atoms with van der Waals surface area (Å²) in [6.45, 7) is 8.30. The van der Waals surface area contributed by atoms with Gasteiger partial charge in [0, 0.05) is 55.0 Å². The molecule has 1 aliphatic carbocycles. The van der Waals surface area contributed by atoms with Crippen LogP contribution in [0.3, 0.4) is 0 Å². The number of fused-ring (bicyclic) bond motifs is 1. The van der Waals surface area contributed by atoms with Gasteiger partial charge in [-0.05, 0) is 101 Å². The number of hydrogen-bond acceptors (Lipinski definition) is 9. The number of pyridine rings is 1. The molecule has 0 radical (unpaired) electrons. The van der Waals surface area contributed by atoms with Crippen molar-refractivity contribution >= 4 is 52.6 Å². The number of halogens is 3. The summed E-state index contributed by atoms with van der Waals surface area (Å²) in [7, 11) is 0. The average molecular weight is 897 g/mol. The van der Waals surface area contributed by atoms with Crippen molar-refractivity contribution in [1.29, 1.82) is 0 Å². The van der Waals surface area contributed by atoms with Gasteiger partial charge in [-0.1, -0.05) is 30.3 Å². The third-order valence-electron chi connectivity index (χ3n) is 10.6. The van der Waals surface area contributed by atoms with Crippen LogP contribution in [-0.4, -0.2) is 109 Å². The van der Waals surface area contributed by atoms with Crippen LogP contribution in [0, 0.1) is 18.8 Å². The van der Waals surface area contributed by atoms with Gasteiger partial charge in [0.25, 0.3) is 5.91 Å². The minimum Gasteiger partial charge on any atom is -0.475 e. The number of aliphatic carboxylic acids is 1. The molecule has 3 heterocycles. The molecule has 2 fully saturated rings. The molecule has 344 valence electrons. The number of aryl methyl sites for hydroxylation is 1. The van der Waals surface area contributed by atoms with Crippen LogP contribution in [0.1, 0.15) is 74.6 Å². The highest BCUT2D eigenvalue weighted by atomic mass is 19.4. The van der Waals surface area contributed by atoms with Crippen LogP contribution in [0.4, 0.5) is 28.4 Å². The predicted molar refractivity (Wildman–Crippen MR) is 226 cm³/mol. The Bertz CT molecular complexity index is 2400. The summed E-state index contributed by atoms with van der Waals surface area (Å²) in [6, 6.07) is 14.8. The van der Waals surface area contributed by atoms with Gasteiger partial charge in [-0.15, -0.1) is 0 Å². The molecule has 0 unspecified atom stereocenters. The Balaban J connectivity index is 0.00000102. The number of carbonyl (C=O) groups excluding carboxylic acids is 4. The van der Waals surface area contributed by atoms with Crippen LogP contribution in [0.5, 0.6) is 0 Å². The van der Waals surface area contributed by atoms with Gasteiger partial charge in [-0.2, -0.15) is 13.2 Å². The molecule has 2 aromatic heterocycles. The third kappa shape index (κ3) is 13.8. The highest BCUT2D eigenvalue weighted by Crippen LogP contribution is 2.29. The fraction of sp³-hybridized carbons (Fsp3) is 0.442. The van der Waals surface area contributed by atoms with E-state index in [2.05, 4.69) is 36.2 Å². The van der Waals surface area contributed by atoms with Crippen LogP contribution in [0.25, 0.3) is 22.2 Å². The molecule has 8 N–H and O–H groups in total. The van der Waals surface area contributed by atoms with Gasteiger partial charge in [-0.25, -0.2) is 24.2 Å². The van der Waals surface area contributed by atoms with E-state index in [1.54, 1.807) is 24.3 Å². The first kappa shape index (κ1) is 48.1. The average Bonchev–Trinajstić information content (AvgIpc) is 3.85. The number of carboxylic acids is 1. The second-order valence-corrected chi connectivity index (χ2v) is 16.7. The Labute approximate surface area is 364 Å². The van der Waals surface area contributed by atoms with Crippen molar-refractivity contribution in [3.05, 3.63) is 82.0 Å². The monoisotopic (exact) mass is 896 g/mol. The quantitative estimate of drug-likeness (QED) is 0.0953. The molecule has 2 aliphatic rings. The molecule has 2 aromatic carbocycles. The predicted octanol–water partition coefficient (Wildman–Crippen LogP) is 5.34. The summed E-state index contributed by atoms with van der Waals surface area (Å²) in [5.74, 6) is -3.83. The number of ether oxygens (including phenoxy) is 1. The van der Waals surface area contributed by atoms with Gasteiger partial charge in [-0.3, -0.25) is 14.4 Å². The van der Waals surface area contributed by atoms with Crippen molar-refractivity contribution in [3.8, 4) is 11.1 Å². The number of aromatic nitrogens is 3. The number of hydrogen-bond donors (Lipinski definition) is 8. The van der Waals surface area contributed by atoms with Crippen LogP contribution in [0.2, 0.25) is 0 Å². The lowest BCUT2D eigenvalue weighted by Gasteiger charge is -2.29. The van der Waals surface area contributed by atoms with Gasteiger partial charge in [0.15, 0.2) is 0 Å². The van der Waals surface area contributed by atoms with Gasteiger partial charge in [0.1, 0.15) is 17.3 Å². The number of alkyl halides is 3. The van der Waals surface area contributed by atoms with E-state index < -0.39 is 41.9 Å². The van der Waals surface area contributed by atoms with Crippen molar-refractivity contribution in [3.63, 3.8) is 0 Å². The lowest BCUT2D eigenvalue weighted by Crippen LogP contribution is -2.48. The molecular formula is C43H51F3N8O10. The van der Waals surface area contributed by atoms with E-state index in [1.807, 2.05) is 58.0 Å². The van der Waals surface area contributed by atoms with E-state index in [1.165, 1.54) is 4.90 Å². The minimum absolute atomic E-state index is 0.201. The summed E-state index contributed by atoms with van der Waals surface area (Å²) >= 11 is 0. The van der Waals surface area contributed by atoms with E-state index in [4.69, 9.17) is 14.6 Å². The van der Waals surface area contributed by atoms with Crippen LogP contribution < -0.4 is 27.0 Å². The highest BCUT2D eigenvalue weighted by Gasteiger charge is 2.38. The maximum Gasteiger partial charge on any atom is 0.490 e. The van der Waals surface area contributed by atoms with Crippen molar-refractivity contribution in [2.45, 2.75) is 90.1 Å². The molecule has 1 saturated heterocycles. The molecule has 1 aliphatic heterocycles. The maximum absolute atomic E-state index is 13.8. The second kappa shape index (κ2) is 20.5. The third-order valence-corrected chi connectivity index (χ3v) is 10.6. The van der Waals surface area contributed by atoms with E-state index >= 15 is 0 Å². The van der Waals surface area contributed by atoms with E-state index in [-0.39, 0.29) is 54.0 Å². The number of carboxylic acid groups (broad SMARTS) is 2. The normalized spacial score (nSPS) is 17.9. The smallest absolute Gasteiger partial charge is 0.475 e. The number of aromatic amines is 2. The molecule has 21 heteroatoms. The molecular weight excluding hydrogens is 846 g/mol. The number of nitrogens with one attached hydrogen (secondary N) is 6. The largest absolute Gasteiger partial charge is 0.490 e. The summed E-state index contributed by atoms with van der Waals surface area (Å²) in [6.07, 6.45) is -3.10. The molecule has 64 heavy (non-hydrogen) atoms. The van der Waals surface area contributed by atoms with Gasteiger partial charge >= 0.3 is 30.0 Å². The van der Waals surface area contributed by atoms with Crippen molar-refractivity contribution in [2.24, 2.45) is 11.8 Å². The Morgan fingerprint density at radius 3 is 2.16 bits per heavy atom. The number of anilines is 1. The number of alkyl carbamates (subject to hydrolysis) is 1. The van der Waals surface area contributed by atoms with Crippen LogP contribution in [-0.2, 0) is 25.5 Å². The Morgan fingerprint density at radius 1 is 0.906 bits per heavy atom. The van der Waals surface area contributed by atoms with Gasteiger partial charge in [0.2, 0.25) is 11.8 Å². The van der Waals surface area contributed by atoms with Crippen molar-refractivity contribution < 1.29 is 56.9 Å². The molecule has 5 amide bonds. The van der Waals surface area contributed by atoms with Crippen LogP contribution >= 0.6 is 0 Å². The van der Waals surface area contributed by atoms with Crippen molar-refractivity contribution in [1.82, 2.24) is 35.8 Å². The Kier molecular flexibility index (Phi) is 15.4. The summed E-state index contributed by atoms with van der Waals surface area (Å²) in [4.78, 5) is 95.6. The fourth-order valence-electron chi connectivity index (χ4n) is 7.37. The van der Waals surface area contributed by atoms with E-state index in [0.717, 1.165) is 29.5 Å². The van der Waals surface area contributed by atoms with Crippen molar-refractivity contribution in [2.75, 3.05) is 25.0 Å². The lowest BCUT2D eigenvalue weighted by molar-refractivity contribution is -0.192. The first-order chi connectivity index (χ1) is 30.0. The molecule has 2 atom stereocenters. The number of rotatable bonds is 11. The number of nitrogens with zero attached hydrogens (tertiary/aromatic N) is 2. The maximum atomic E-state index is 13.8. The number of benzene rings is 2. The summed E-state index contributed by atoms with van der Waals surface area (Å²) in [5.41, 5.74) is 3.97. The van der Waals surface area contributed by atoms with Crippen LogP contribution in [0.15, 0.2) is 59.4 Å². The molecule has 1 saturated carbocycles. The fourth-order valence-corrected chi connectivity index (χ4v) is 7.37. The number of H-pyrrole nitrogens is 2. The molecule has 6 rings (SSSR count). The molecule has 18 nitrogen and oxygen atoms in total. The number of carbonyl (C=O) groups is 6. The Hall–Kier alpha value is -6.93. The molecule has 4 aromatic rings. The number of imidazole rings is 1. The zero-order valence-corrected chi connectivity index (χ0v) is 35.6. The Morgan fingerprint density at radius 2 is 1.56 bits per heavy atom. The summed E-state index contributed by atoms with van der Waals surface area (Å²) < 4.78 is 37.1. The van der Waals surface area contributed by atoms with Gasteiger partial charge < -0.3 is 51.1 Å². The van der Waals surface area contributed by atoms with Gasteiger partial charge in [0.05, 0.1) is 11.0 Å². The second-order valence-electron chi connectivity index (χ2n) is 16.7. The van der Waals surface area contributed by atoms with E-state index in [9.17, 15) is 47.0 Å². The zero-order valence-electron chi connectivity index (χ0n) is 35.6. The first-order valence-corrected chi connectivity index (χ1v) is 20.5. The molecule has 0 spiro atoms. The van der Waals surface area contributed by atoms with E-state index in [0.29, 0.717) is 54.8 Å². The molecule has 0 bridgehead atoms. The first-order valence-electron chi connectivity index (χ1n) is 20.5. The minimum atomic E-state index is -5.08. The zero-order chi connectivity index (χ0) is 46.9. The SMILES string of the molecule is Cc1nc(C(=O)N[C@H]2CCN(C(=O)O)C2)ccc1-c1ccc(C[C@H](NC(=O)C2CCC(CNC(=O)OC(C)(C)C)CC2)C(=O)Nc2ccc3[nH]c(=O)[nH]c3c2)cc1.O=C(O)C(F)(F)F. The highest BCUT2D eigenvalue weighted by molar-refractivity contribution is 5.99. The number of likely N-dealkylation sites (tertiary alicyclic amines) is 1. The lowest BCUT2D eigenvalue weighted by atomic mass is 9.81. The summed E-state index contributed by atoms with van der Waals surface area (Å²) in [5, 5.41) is 27.9. The topological polar surface area (TPSA) is 265 Å². The number of amides is 5. The standard InChI is InChI=1S/C41H50N8O8.C2HF3O2/c1-23-30(14-16-32(43-23)36(51)45-29-17-18-49(22-29)40(55)56)26-9-5-24(6-10-26)19-34(37(52)44-28-13-15-31-33(20-28)48-38(53)47-31)46-35(50)27-11-7-25(8-12-27)21-42-39(54)57-41(2,3)4;3-2(4,5)1(6)7/h5-6,9-10,13-16,20,25,27,29,34H,7-8,11-12,17-19,21-22H2,1-4H3,(H,42,54)(H,44,52)(H,45,51)(H,46,50)(H,55,56)(H2,47,48,53);(H,6,7)/t25?,27?,29-,34-;/m0./s1.